The molecule has 0 aromatic heterocycles. The fraction of sp³-hybridized carbons (Fsp3) is 0.846. The summed E-state index contributed by atoms with van der Waals surface area (Å²) in [5.74, 6) is 0.493. The van der Waals surface area contributed by atoms with Crippen LogP contribution in [0.2, 0.25) is 0 Å². The molecule has 0 aromatic rings. The lowest BCUT2D eigenvalue weighted by atomic mass is 9.83. The summed E-state index contributed by atoms with van der Waals surface area (Å²) in [6.07, 6.45) is 3.82. The van der Waals surface area contributed by atoms with Crippen molar-refractivity contribution in [1.82, 2.24) is 4.90 Å². The molecular formula is C13H21NO3. The van der Waals surface area contributed by atoms with Crippen LogP contribution in [0.1, 0.15) is 40.0 Å². The molecule has 4 heteroatoms. The molecule has 2 aliphatic rings. The zero-order chi connectivity index (χ0) is 12.7. The van der Waals surface area contributed by atoms with E-state index in [0.29, 0.717) is 19.0 Å². The minimum absolute atomic E-state index is 0.281. The normalized spacial score (nSPS) is 29.2. The smallest absolute Gasteiger partial charge is 0.410 e. The maximum atomic E-state index is 11.9. The van der Waals surface area contributed by atoms with Crippen LogP contribution in [0.4, 0.5) is 4.79 Å². The Morgan fingerprint density at radius 2 is 2.06 bits per heavy atom. The van der Waals surface area contributed by atoms with Crippen molar-refractivity contribution in [2.24, 2.45) is 11.3 Å². The van der Waals surface area contributed by atoms with Crippen LogP contribution in [0.3, 0.4) is 0 Å². The van der Waals surface area contributed by atoms with Crippen molar-refractivity contribution in [2.75, 3.05) is 13.1 Å². The topological polar surface area (TPSA) is 46.6 Å². The Morgan fingerprint density at radius 3 is 2.53 bits per heavy atom. The summed E-state index contributed by atoms with van der Waals surface area (Å²) < 4.78 is 5.33. The van der Waals surface area contributed by atoms with Crippen molar-refractivity contribution in [3.8, 4) is 0 Å². The number of hydrogen-bond donors (Lipinski definition) is 0. The maximum absolute atomic E-state index is 11.9. The summed E-state index contributed by atoms with van der Waals surface area (Å²) in [6.45, 7) is 6.75. The van der Waals surface area contributed by atoms with Crippen LogP contribution in [0, 0.1) is 11.3 Å². The number of ether oxygens (including phenoxy) is 1. The zero-order valence-electron chi connectivity index (χ0n) is 10.9. The molecule has 2 rings (SSSR count). The first-order chi connectivity index (χ1) is 7.86. The molecule has 0 N–H and O–H groups in total. The second kappa shape index (κ2) is 4.00. The SMILES string of the molecule is CC(C)(C)OC(=O)N1CCC(C=O)(C2CC2)C1. The van der Waals surface area contributed by atoms with Gasteiger partial charge in [-0.25, -0.2) is 4.79 Å². The number of carbonyl (C=O) groups excluding carboxylic acids is 2. The largest absolute Gasteiger partial charge is 0.444 e. The lowest BCUT2D eigenvalue weighted by Gasteiger charge is -2.26. The molecule has 1 aliphatic heterocycles. The average Bonchev–Trinajstić information content (AvgIpc) is 2.97. The number of likely N-dealkylation sites (tertiary alicyclic amines) is 1. The van der Waals surface area contributed by atoms with Gasteiger partial charge in [-0.1, -0.05) is 0 Å². The van der Waals surface area contributed by atoms with E-state index in [1.165, 1.54) is 0 Å². The number of amides is 1. The van der Waals surface area contributed by atoms with Gasteiger partial charge in [-0.2, -0.15) is 0 Å². The van der Waals surface area contributed by atoms with Gasteiger partial charge in [-0.05, 0) is 46.0 Å². The van der Waals surface area contributed by atoms with Crippen molar-refractivity contribution < 1.29 is 14.3 Å². The highest BCUT2D eigenvalue weighted by molar-refractivity contribution is 5.71. The minimum Gasteiger partial charge on any atom is -0.444 e. The highest BCUT2D eigenvalue weighted by Gasteiger charge is 2.50. The number of nitrogens with zero attached hydrogens (tertiary/aromatic N) is 1. The van der Waals surface area contributed by atoms with Crippen LogP contribution in [0.25, 0.3) is 0 Å². The summed E-state index contributed by atoms with van der Waals surface area (Å²) >= 11 is 0. The summed E-state index contributed by atoms with van der Waals surface area (Å²) in [5.41, 5.74) is -0.750. The van der Waals surface area contributed by atoms with Crippen LogP contribution in [-0.2, 0) is 9.53 Å². The van der Waals surface area contributed by atoms with Crippen molar-refractivity contribution in [2.45, 2.75) is 45.6 Å². The maximum Gasteiger partial charge on any atom is 0.410 e. The Bertz CT molecular complexity index is 330. The van der Waals surface area contributed by atoms with Crippen molar-refractivity contribution >= 4 is 12.4 Å². The van der Waals surface area contributed by atoms with Crippen molar-refractivity contribution in [3.63, 3.8) is 0 Å². The number of carbonyl (C=O) groups is 2. The van der Waals surface area contributed by atoms with Crippen LogP contribution in [0.5, 0.6) is 0 Å². The van der Waals surface area contributed by atoms with Gasteiger partial charge < -0.3 is 14.4 Å². The molecule has 96 valence electrons. The van der Waals surface area contributed by atoms with E-state index in [4.69, 9.17) is 4.74 Å². The van der Waals surface area contributed by atoms with E-state index in [2.05, 4.69) is 0 Å². The van der Waals surface area contributed by atoms with Gasteiger partial charge >= 0.3 is 6.09 Å². The van der Waals surface area contributed by atoms with Crippen LogP contribution < -0.4 is 0 Å². The summed E-state index contributed by atoms with van der Waals surface area (Å²) in [5, 5.41) is 0. The molecule has 2 fully saturated rings. The molecule has 17 heavy (non-hydrogen) atoms. The summed E-state index contributed by atoms with van der Waals surface area (Å²) in [4.78, 5) is 24.9. The van der Waals surface area contributed by atoms with Crippen LogP contribution in [0.15, 0.2) is 0 Å². The van der Waals surface area contributed by atoms with Gasteiger partial charge in [-0.15, -0.1) is 0 Å². The fourth-order valence-corrected chi connectivity index (χ4v) is 2.52. The Balaban J connectivity index is 1.97. The first-order valence-corrected chi connectivity index (χ1v) is 6.31. The van der Waals surface area contributed by atoms with E-state index in [0.717, 1.165) is 25.5 Å². The summed E-state index contributed by atoms with van der Waals surface area (Å²) in [7, 11) is 0. The second-order valence-electron chi connectivity index (χ2n) is 6.28. The molecule has 1 saturated carbocycles. The first kappa shape index (κ1) is 12.4. The Kier molecular flexibility index (Phi) is 2.92. The third-order valence-electron chi connectivity index (χ3n) is 3.61. The van der Waals surface area contributed by atoms with Gasteiger partial charge in [0.25, 0.3) is 0 Å². The Hall–Kier alpha value is -1.06. The third kappa shape index (κ3) is 2.61. The van der Waals surface area contributed by atoms with E-state index in [1.807, 2.05) is 20.8 Å². The van der Waals surface area contributed by atoms with Gasteiger partial charge in [0.1, 0.15) is 11.9 Å². The molecule has 1 unspecified atom stereocenters. The fourth-order valence-electron chi connectivity index (χ4n) is 2.52. The molecule has 4 nitrogen and oxygen atoms in total. The summed E-state index contributed by atoms with van der Waals surface area (Å²) in [6, 6.07) is 0. The van der Waals surface area contributed by atoms with Gasteiger partial charge in [0.05, 0.1) is 0 Å². The van der Waals surface area contributed by atoms with E-state index in [1.54, 1.807) is 4.90 Å². The molecule has 1 aliphatic carbocycles. The van der Waals surface area contributed by atoms with E-state index < -0.39 is 5.60 Å². The number of hydrogen-bond acceptors (Lipinski definition) is 3. The van der Waals surface area contributed by atoms with Gasteiger partial charge in [0, 0.05) is 18.5 Å². The Morgan fingerprint density at radius 1 is 1.41 bits per heavy atom. The monoisotopic (exact) mass is 239 g/mol. The van der Waals surface area contributed by atoms with Crippen molar-refractivity contribution in [1.29, 1.82) is 0 Å². The lowest BCUT2D eigenvalue weighted by molar-refractivity contribution is -0.116. The highest BCUT2D eigenvalue weighted by atomic mass is 16.6. The molecular weight excluding hydrogens is 218 g/mol. The van der Waals surface area contributed by atoms with Crippen LogP contribution >= 0.6 is 0 Å². The highest BCUT2D eigenvalue weighted by Crippen LogP contribution is 2.49. The molecule has 1 amide bonds. The molecule has 1 atom stereocenters. The van der Waals surface area contributed by atoms with E-state index in [9.17, 15) is 9.59 Å². The zero-order valence-corrected chi connectivity index (χ0v) is 10.9. The Labute approximate surface area is 102 Å². The molecule has 0 spiro atoms. The minimum atomic E-state index is -0.469. The average molecular weight is 239 g/mol. The quantitative estimate of drug-likeness (QED) is 0.694. The molecule has 1 saturated heterocycles. The van der Waals surface area contributed by atoms with Crippen molar-refractivity contribution in [3.05, 3.63) is 0 Å². The van der Waals surface area contributed by atoms with E-state index in [-0.39, 0.29) is 11.5 Å². The van der Waals surface area contributed by atoms with Crippen LogP contribution in [-0.4, -0.2) is 36.0 Å². The second-order valence-corrected chi connectivity index (χ2v) is 6.28. The third-order valence-corrected chi connectivity index (χ3v) is 3.61. The first-order valence-electron chi connectivity index (χ1n) is 6.31. The lowest BCUT2D eigenvalue weighted by Crippen LogP contribution is -2.38. The molecule has 0 aromatic carbocycles. The van der Waals surface area contributed by atoms with Gasteiger partial charge in [0.2, 0.25) is 0 Å². The predicted molar refractivity (Wildman–Crippen MR) is 63.6 cm³/mol. The van der Waals surface area contributed by atoms with Gasteiger partial charge in [0.15, 0.2) is 0 Å². The predicted octanol–water partition coefficient (Wildman–Crippen LogP) is 2.22. The van der Waals surface area contributed by atoms with E-state index >= 15 is 0 Å². The standard InChI is InChI=1S/C13H21NO3/c1-12(2,3)17-11(16)14-7-6-13(8-14,9-15)10-4-5-10/h9-10H,4-8H2,1-3H3. The molecule has 1 heterocycles. The molecule has 0 radical (unpaired) electrons. The number of aldehydes is 1. The molecule has 0 bridgehead atoms. The number of rotatable bonds is 2. The van der Waals surface area contributed by atoms with Gasteiger partial charge in [-0.3, -0.25) is 0 Å².